The summed E-state index contributed by atoms with van der Waals surface area (Å²) in [6.07, 6.45) is 0. The molecule has 54 heavy (non-hydrogen) atoms. The van der Waals surface area contributed by atoms with Crippen LogP contribution in [0.4, 0.5) is 0 Å². The van der Waals surface area contributed by atoms with E-state index in [1.807, 2.05) is 11.3 Å². The summed E-state index contributed by atoms with van der Waals surface area (Å²) in [4.78, 5) is 0. The number of thiophene rings is 1. The molecular weight excluding hydrogens is 673 g/mol. The highest BCUT2D eigenvalue weighted by Gasteiger charge is 2.25. The van der Waals surface area contributed by atoms with Gasteiger partial charge in [0, 0.05) is 47.6 Å². The Morgan fingerprint density at radius 3 is 1.41 bits per heavy atom. The third-order valence-electron chi connectivity index (χ3n) is 10.9. The molecule has 2 heteroatoms. The van der Waals surface area contributed by atoms with Crippen LogP contribution in [0.5, 0.6) is 0 Å². The SMILES string of the molecule is c1ccc(-c2cc(-c3ccccc3)cc(-c3c4ccccc4c(-c4cccc5c4sc4c(-c6ccccc6)cccc45)c4oc5ccccc5c34)c2)cc1. The third kappa shape index (κ3) is 4.85. The second-order valence-electron chi connectivity index (χ2n) is 14.0. The third-order valence-corrected chi connectivity index (χ3v) is 12.1. The molecule has 0 fully saturated rings. The molecule has 0 unspecified atom stereocenters. The smallest absolute Gasteiger partial charge is 0.144 e. The van der Waals surface area contributed by atoms with Gasteiger partial charge in [0.05, 0.1) is 0 Å². The fraction of sp³-hybridized carbons (Fsp3) is 0. The van der Waals surface area contributed by atoms with E-state index < -0.39 is 0 Å². The van der Waals surface area contributed by atoms with E-state index in [4.69, 9.17) is 4.42 Å². The summed E-state index contributed by atoms with van der Waals surface area (Å²) in [6.45, 7) is 0. The van der Waals surface area contributed by atoms with Crippen molar-refractivity contribution >= 4 is 64.2 Å². The molecule has 0 aliphatic rings. The number of furan rings is 1. The minimum absolute atomic E-state index is 0.891. The van der Waals surface area contributed by atoms with Gasteiger partial charge in [-0.1, -0.05) is 170 Å². The van der Waals surface area contributed by atoms with Gasteiger partial charge in [-0.05, 0) is 74.0 Å². The Bertz CT molecular complexity index is 3130. The Balaban J connectivity index is 1.26. The zero-order valence-electron chi connectivity index (χ0n) is 29.3. The lowest BCUT2D eigenvalue weighted by Gasteiger charge is -2.17. The lowest BCUT2D eigenvalue weighted by molar-refractivity contribution is 0.670. The summed E-state index contributed by atoms with van der Waals surface area (Å²) in [7, 11) is 0. The molecule has 9 aromatic carbocycles. The molecular formula is C52H32OS. The van der Waals surface area contributed by atoms with Gasteiger partial charge in [-0.15, -0.1) is 11.3 Å². The second kappa shape index (κ2) is 12.4. The second-order valence-corrected chi connectivity index (χ2v) is 15.0. The largest absolute Gasteiger partial charge is 0.455 e. The molecule has 0 saturated carbocycles. The predicted octanol–water partition coefficient (Wildman–Crippen LogP) is 15.4. The maximum Gasteiger partial charge on any atom is 0.144 e. The normalized spacial score (nSPS) is 11.7. The van der Waals surface area contributed by atoms with Crippen molar-refractivity contribution in [3.63, 3.8) is 0 Å². The van der Waals surface area contributed by atoms with Crippen LogP contribution in [0.1, 0.15) is 0 Å². The minimum atomic E-state index is 0.891. The fourth-order valence-electron chi connectivity index (χ4n) is 8.44. The van der Waals surface area contributed by atoms with E-state index in [0.29, 0.717) is 0 Å². The van der Waals surface area contributed by atoms with Gasteiger partial charge in [0.1, 0.15) is 11.2 Å². The molecule has 1 nitrogen and oxygen atoms in total. The van der Waals surface area contributed by atoms with E-state index in [1.54, 1.807) is 0 Å². The van der Waals surface area contributed by atoms with Gasteiger partial charge in [-0.3, -0.25) is 0 Å². The molecule has 0 radical (unpaired) electrons. The van der Waals surface area contributed by atoms with Crippen LogP contribution >= 0.6 is 11.3 Å². The number of rotatable bonds is 5. The zero-order valence-corrected chi connectivity index (χ0v) is 30.1. The van der Waals surface area contributed by atoms with E-state index in [0.717, 1.165) is 27.5 Å². The molecule has 0 saturated heterocycles. The van der Waals surface area contributed by atoms with Gasteiger partial charge >= 0.3 is 0 Å². The highest BCUT2D eigenvalue weighted by atomic mass is 32.1. The quantitative estimate of drug-likeness (QED) is 0.174. The van der Waals surface area contributed by atoms with Crippen molar-refractivity contribution in [2.24, 2.45) is 0 Å². The Hall–Kier alpha value is -6.74. The van der Waals surface area contributed by atoms with Crippen LogP contribution in [0.15, 0.2) is 199 Å². The molecule has 0 atom stereocenters. The summed E-state index contributed by atoms with van der Waals surface area (Å²) in [6, 6.07) is 70.2. The highest BCUT2D eigenvalue weighted by molar-refractivity contribution is 7.27. The van der Waals surface area contributed by atoms with Gasteiger partial charge in [-0.2, -0.15) is 0 Å². The zero-order chi connectivity index (χ0) is 35.6. The Morgan fingerprint density at radius 1 is 0.315 bits per heavy atom. The first-order valence-electron chi connectivity index (χ1n) is 18.4. The van der Waals surface area contributed by atoms with Gasteiger partial charge < -0.3 is 4.42 Å². The van der Waals surface area contributed by atoms with E-state index in [9.17, 15) is 0 Å². The first kappa shape index (κ1) is 30.8. The average Bonchev–Trinajstić information content (AvgIpc) is 3.83. The molecule has 0 spiro atoms. The van der Waals surface area contributed by atoms with Crippen molar-refractivity contribution in [2.75, 3.05) is 0 Å². The van der Waals surface area contributed by atoms with Crippen LogP contribution in [-0.2, 0) is 0 Å². The molecule has 11 aromatic rings. The number of benzene rings is 9. The topological polar surface area (TPSA) is 13.1 Å². The van der Waals surface area contributed by atoms with Crippen molar-refractivity contribution in [3.8, 4) is 55.6 Å². The number of fused-ring (bicyclic) bond motifs is 7. The van der Waals surface area contributed by atoms with Crippen molar-refractivity contribution in [1.82, 2.24) is 0 Å². The first-order valence-corrected chi connectivity index (χ1v) is 19.2. The summed E-state index contributed by atoms with van der Waals surface area (Å²) in [5.74, 6) is 0. The van der Waals surface area contributed by atoms with Crippen molar-refractivity contribution < 1.29 is 4.42 Å². The Morgan fingerprint density at radius 2 is 0.778 bits per heavy atom. The highest BCUT2D eigenvalue weighted by Crippen LogP contribution is 2.51. The number of para-hydroxylation sites is 1. The molecule has 11 rings (SSSR count). The Labute approximate surface area is 317 Å². The van der Waals surface area contributed by atoms with Gasteiger partial charge in [0.15, 0.2) is 0 Å². The van der Waals surface area contributed by atoms with Gasteiger partial charge in [0.25, 0.3) is 0 Å². The van der Waals surface area contributed by atoms with Crippen molar-refractivity contribution in [1.29, 1.82) is 0 Å². The molecule has 0 amide bonds. The van der Waals surface area contributed by atoms with E-state index in [-0.39, 0.29) is 0 Å². The minimum Gasteiger partial charge on any atom is -0.455 e. The van der Waals surface area contributed by atoms with Crippen LogP contribution in [0.3, 0.4) is 0 Å². The average molecular weight is 705 g/mol. The molecule has 0 N–H and O–H groups in total. The van der Waals surface area contributed by atoms with E-state index >= 15 is 0 Å². The molecule has 0 aliphatic heterocycles. The van der Waals surface area contributed by atoms with Crippen molar-refractivity contribution in [2.45, 2.75) is 0 Å². The first-order chi connectivity index (χ1) is 26.8. The van der Waals surface area contributed by atoms with E-state index in [2.05, 4.69) is 194 Å². The van der Waals surface area contributed by atoms with Crippen LogP contribution in [-0.4, -0.2) is 0 Å². The summed E-state index contributed by atoms with van der Waals surface area (Å²) < 4.78 is 9.63. The predicted molar refractivity (Wildman–Crippen MR) is 231 cm³/mol. The molecule has 0 aliphatic carbocycles. The van der Waals surface area contributed by atoms with Crippen LogP contribution in [0, 0.1) is 0 Å². The molecule has 0 bridgehead atoms. The monoisotopic (exact) mass is 704 g/mol. The lowest BCUT2D eigenvalue weighted by Crippen LogP contribution is -1.91. The van der Waals surface area contributed by atoms with Crippen LogP contribution in [0.25, 0.3) is 109 Å². The molecule has 252 valence electrons. The summed E-state index contributed by atoms with van der Waals surface area (Å²) in [5.41, 5.74) is 13.8. The summed E-state index contributed by atoms with van der Waals surface area (Å²) in [5, 5.41) is 7.21. The molecule has 2 heterocycles. The van der Waals surface area contributed by atoms with Crippen molar-refractivity contribution in [3.05, 3.63) is 194 Å². The molecule has 2 aromatic heterocycles. The summed E-state index contributed by atoms with van der Waals surface area (Å²) >= 11 is 1.89. The standard InChI is InChI=1S/C52H32OS/c1-4-16-33(17-5-1)36-30-37(34-18-6-2-7-19-34)32-38(31-36)47-40-22-10-11-23-41(40)48(50-49(47)44-24-12-13-29-46(44)53-50)45-28-15-27-43-42-26-14-25-39(51(42)54-52(43)45)35-20-8-3-9-21-35/h1-32H. The fourth-order valence-corrected chi connectivity index (χ4v) is 9.80. The van der Waals surface area contributed by atoms with E-state index in [1.165, 1.54) is 81.0 Å². The lowest BCUT2D eigenvalue weighted by atomic mass is 9.85. The number of hydrogen-bond donors (Lipinski definition) is 0. The van der Waals surface area contributed by atoms with Gasteiger partial charge in [0.2, 0.25) is 0 Å². The Kier molecular flexibility index (Phi) is 7.11. The van der Waals surface area contributed by atoms with Crippen LogP contribution in [0.2, 0.25) is 0 Å². The number of hydrogen-bond acceptors (Lipinski definition) is 2. The maximum absolute atomic E-state index is 7.06. The van der Waals surface area contributed by atoms with Crippen LogP contribution < -0.4 is 0 Å². The maximum atomic E-state index is 7.06. The van der Waals surface area contributed by atoms with Gasteiger partial charge in [-0.25, -0.2) is 0 Å².